The number of hydrogen-bond donors (Lipinski definition) is 3. The maximum Gasteiger partial charge on any atom is 0.101 e. The third-order valence-corrected chi connectivity index (χ3v) is 3.43. The average Bonchev–Trinajstić information content (AvgIpc) is 2.18. The lowest BCUT2D eigenvalue weighted by Crippen LogP contribution is -2.48. The van der Waals surface area contributed by atoms with E-state index in [1.807, 2.05) is 0 Å². The van der Waals surface area contributed by atoms with Crippen molar-refractivity contribution in [1.82, 2.24) is 0 Å². The zero-order valence-electron chi connectivity index (χ0n) is 9.50. The first-order valence-electron chi connectivity index (χ1n) is 5.39. The lowest BCUT2D eigenvalue weighted by molar-refractivity contribution is -0.0234. The van der Waals surface area contributed by atoms with Gasteiger partial charge in [0.05, 0.1) is 22.5 Å². The Morgan fingerprint density at radius 3 is 2.76 bits per heavy atom. The Bertz CT molecular complexity index is 485. The van der Waals surface area contributed by atoms with E-state index in [9.17, 15) is 5.11 Å². The molecule has 0 aromatic heterocycles. The van der Waals surface area contributed by atoms with Crippen molar-refractivity contribution >= 4 is 27.3 Å². The highest BCUT2D eigenvalue weighted by atomic mass is 79.9. The third kappa shape index (κ3) is 2.54. The molecule has 1 aliphatic rings. The minimum absolute atomic E-state index is 0.181. The standard InChI is InChI=1S/C12H14BrN3O/c1-12(17)4-9(5-12)16-11-7(6-14)2-8(13)3-10(11)15/h2-3,9,16-17H,4-5,15H2,1H3. The Hall–Kier alpha value is -1.25. The molecule has 0 unspecified atom stereocenters. The van der Waals surface area contributed by atoms with Crippen molar-refractivity contribution in [2.24, 2.45) is 0 Å². The lowest BCUT2D eigenvalue weighted by atomic mass is 9.77. The van der Waals surface area contributed by atoms with Gasteiger partial charge in [0, 0.05) is 10.5 Å². The van der Waals surface area contributed by atoms with Crippen LogP contribution in [-0.2, 0) is 0 Å². The summed E-state index contributed by atoms with van der Waals surface area (Å²) in [6, 6.07) is 5.79. The molecule has 0 atom stereocenters. The van der Waals surface area contributed by atoms with Crippen LogP contribution >= 0.6 is 15.9 Å². The van der Waals surface area contributed by atoms with Crippen molar-refractivity contribution in [2.45, 2.75) is 31.4 Å². The maximum absolute atomic E-state index is 9.66. The van der Waals surface area contributed by atoms with Gasteiger partial charge in [0.2, 0.25) is 0 Å². The van der Waals surface area contributed by atoms with Crippen LogP contribution < -0.4 is 11.1 Å². The van der Waals surface area contributed by atoms with Crippen molar-refractivity contribution in [3.05, 3.63) is 22.2 Å². The first-order chi connectivity index (χ1) is 7.91. The molecular weight excluding hydrogens is 282 g/mol. The van der Waals surface area contributed by atoms with Crippen LogP contribution in [-0.4, -0.2) is 16.7 Å². The second kappa shape index (κ2) is 4.21. The fourth-order valence-corrected chi connectivity index (χ4v) is 2.66. The Morgan fingerprint density at radius 2 is 2.24 bits per heavy atom. The summed E-state index contributed by atoms with van der Waals surface area (Å²) in [5.41, 5.74) is 7.02. The summed E-state index contributed by atoms with van der Waals surface area (Å²) in [6.45, 7) is 1.81. The van der Waals surface area contributed by atoms with E-state index in [1.54, 1.807) is 19.1 Å². The molecule has 0 saturated heterocycles. The van der Waals surface area contributed by atoms with E-state index in [2.05, 4.69) is 27.3 Å². The summed E-state index contributed by atoms with van der Waals surface area (Å²) in [5, 5.41) is 21.9. The van der Waals surface area contributed by atoms with Crippen molar-refractivity contribution in [3.63, 3.8) is 0 Å². The molecule has 2 rings (SSSR count). The topological polar surface area (TPSA) is 82.1 Å². The van der Waals surface area contributed by atoms with Crippen LogP contribution in [0.5, 0.6) is 0 Å². The van der Waals surface area contributed by atoms with Crippen molar-refractivity contribution in [2.75, 3.05) is 11.1 Å². The largest absolute Gasteiger partial charge is 0.397 e. The molecule has 1 fully saturated rings. The highest BCUT2D eigenvalue weighted by Gasteiger charge is 2.38. The van der Waals surface area contributed by atoms with Gasteiger partial charge in [0.1, 0.15) is 6.07 Å². The molecule has 1 aliphatic carbocycles. The molecule has 0 radical (unpaired) electrons. The van der Waals surface area contributed by atoms with E-state index in [1.165, 1.54) is 0 Å². The molecule has 5 heteroatoms. The van der Waals surface area contributed by atoms with Crippen LogP contribution in [0.2, 0.25) is 0 Å². The fourth-order valence-electron chi connectivity index (χ4n) is 2.19. The van der Waals surface area contributed by atoms with Gasteiger partial charge in [-0.2, -0.15) is 5.26 Å². The number of nitrogens with two attached hydrogens (primary N) is 1. The smallest absolute Gasteiger partial charge is 0.101 e. The molecular formula is C12H14BrN3O. The number of nitriles is 1. The maximum atomic E-state index is 9.66. The van der Waals surface area contributed by atoms with Gasteiger partial charge in [-0.1, -0.05) is 15.9 Å². The molecule has 4 N–H and O–H groups in total. The molecule has 0 aliphatic heterocycles. The predicted octanol–water partition coefficient (Wildman–Crippen LogP) is 2.23. The van der Waals surface area contributed by atoms with Crippen LogP contribution in [0.15, 0.2) is 16.6 Å². The Balaban J connectivity index is 2.19. The van der Waals surface area contributed by atoms with E-state index in [0.29, 0.717) is 29.8 Å². The zero-order valence-corrected chi connectivity index (χ0v) is 11.1. The van der Waals surface area contributed by atoms with Crippen LogP contribution in [0.3, 0.4) is 0 Å². The first-order valence-corrected chi connectivity index (χ1v) is 6.18. The van der Waals surface area contributed by atoms with Crippen LogP contribution in [0.1, 0.15) is 25.3 Å². The van der Waals surface area contributed by atoms with Crippen LogP contribution in [0, 0.1) is 11.3 Å². The van der Waals surface area contributed by atoms with Crippen LogP contribution in [0.25, 0.3) is 0 Å². The predicted molar refractivity (Wildman–Crippen MR) is 70.5 cm³/mol. The minimum Gasteiger partial charge on any atom is -0.397 e. The van der Waals surface area contributed by atoms with Gasteiger partial charge in [0.15, 0.2) is 0 Å². The first kappa shape index (κ1) is 12.2. The second-order valence-electron chi connectivity index (χ2n) is 4.78. The molecule has 0 bridgehead atoms. The van der Waals surface area contributed by atoms with Crippen LogP contribution in [0.4, 0.5) is 11.4 Å². The zero-order chi connectivity index (χ0) is 12.6. The fraction of sp³-hybridized carbons (Fsp3) is 0.417. The summed E-state index contributed by atoms with van der Waals surface area (Å²) in [5.74, 6) is 0. The van der Waals surface area contributed by atoms with E-state index < -0.39 is 5.60 Å². The molecule has 4 nitrogen and oxygen atoms in total. The number of aliphatic hydroxyl groups is 1. The number of anilines is 2. The number of nitrogen functional groups attached to an aromatic ring is 1. The lowest BCUT2D eigenvalue weighted by Gasteiger charge is -2.42. The molecule has 90 valence electrons. The number of halogens is 1. The van der Waals surface area contributed by atoms with Gasteiger partial charge in [-0.15, -0.1) is 0 Å². The molecule has 17 heavy (non-hydrogen) atoms. The number of hydrogen-bond acceptors (Lipinski definition) is 4. The normalized spacial score (nSPS) is 27.1. The molecule has 1 aromatic rings. The van der Waals surface area contributed by atoms with Gasteiger partial charge < -0.3 is 16.2 Å². The van der Waals surface area contributed by atoms with Crippen molar-refractivity contribution in [1.29, 1.82) is 5.26 Å². The third-order valence-electron chi connectivity index (χ3n) is 2.97. The average molecular weight is 296 g/mol. The van der Waals surface area contributed by atoms with E-state index in [-0.39, 0.29) is 6.04 Å². The molecule has 1 saturated carbocycles. The van der Waals surface area contributed by atoms with Gasteiger partial charge in [-0.25, -0.2) is 0 Å². The summed E-state index contributed by atoms with van der Waals surface area (Å²) in [6.07, 6.45) is 1.35. The van der Waals surface area contributed by atoms with Crippen molar-refractivity contribution < 1.29 is 5.11 Å². The Kier molecular flexibility index (Phi) is 3.02. The minimum atomic E-state index is -0.589. The Morgan fingerprint density at radius 1 is 1.59 bits per heavy atom. The van der Waals surface area contributed by atoms with Gasteiger partial charge in [-0.05, 0) is 31.9 Å². The molecule has 0 amide bonds. The van der Waals surface area contributed by atoms with Gasteiger partial charge in [0.25, 0.3) is 0 Å². The quantitative estimate of drug-likeness (QED) is 0.731. The second-order valence-corrected chi connectivity index (χ2v) is 5.69. The van der Waals surface area contributed by atoms with E-state index in [0.717, 1.165) is 4.47 Å². The van der Waals surface area contributed by atoms with E-state index >= 15 is 0 Å². The van der Waals surface area contributed by atoms with Gasteiger partial charge in [-0.3, -0.25) is 0 Å². The molecule has 0 heterocycles. The van der Waals surface area contributed by atoms with E-state index in [4.69, 9.17) is 11.0 Å². The monoisotopic (exact) mass is 295 g/mol. The summed E-state index contributed by atoms with van der Waals surface area (Å²) in [7, 11) is 0. The summed E-state index contributed by atoms with van der Waals surface area (Å²) < 4.78 is 0.790. The summed E-state index contributed by atoms with van der Waals surface area (Å²) in [4.78, 5) is 0. The number of nitrogens with zero attached hydrogens (tertiary/aromatic N) is 1. The molecule has 1 aromatic carbocycles. The highest BCUT2D eigenvalue weighted by Crippen LogP contribution is 2.36. The van der Waals surface area contributed by atoms with Crippen molar-refractivity contribution in [3.8, 4) is 6.07 Å². The number of rotatable bonds is 2. The number of nitrogens with one attached hydrogen (secondary N) is 1. The molecule has 0 spiro atoms. The van der Waals surface area contributed by atoms with Gasteiger partial charge >= 0.3 is 0 Å². The Labute approximate surface area is 109 Å². The highest BCUT2D eigenvalue weighted by molar-refractivity contribution is 9.10. The SMILES string of the molecule is CC1(O)CC(Nc2c(N)cc(Br)cc2C#N)C1. The number of benzene rings is 1. The summed E-state index contributed by atoms with van der Waals surface area (Å²) >= 11 is 3.30.